The first-order valence-electron chi connectivity index (χ1n) is 7.83. The summed E-state index contributed by atoms with van der Waals surface area (Å²) in [7, 11) is 0. The molecule has 1 amide bonds. The molecule has 110 valence electrons. The van der Waals surface area contributed by atoms with Gasteiger partial charge in [0.1, 0.15) is 0 Å². The first kappa shape index (κ1) is 15.0. The molecule has 20 heavy (non-hydrogen) atoms. The second-order valence-electron chi connectivity index (χ2n) is 5.84. The Morgan fingerprint density at radius 2 is 1.75 bits per heavy atom. The number of carbonyl (C=O) groups is 1. The molecular weight excluding hydrogens is 248 g/mol. The molecule has 1 saturated carbocycles. The second-order valence-corrected chi connectivity index (χ2v) is 5.84. The lowest BCUT2D eigenvalue weighted by Gasteiger charge is -2.27. The van der Waals surface area contributed by atoms with Gasteiger partial charge in [0.15, 0.2) is 0 Å². The average molecular weight is 274 g/mol. The Bertz CT molecular complexity index is 397. The molecule has 1 aromatic carbocycles. The van der Waals surface area contributed by atoms with Gasteiger partial charge in [-0.2, -0.15) is 0 Å². The molecule has 2 N–H and O–H groups in total. The molecule has 1 aliphatic carbocycles. The minimum absolute atomic E-state index is 0.0402. The maximum Gasteiger partial charge on any atom is 0.238 e. The van der Waals surface area contributed by atoms with Crippen LogP contribution in [-0.2, 0) is 4.79 Å². The fourth-order valence-corrected chi connectivity index (χ4v) is 2.96. The van der Waals surface area contributed by atoms with Gasteiger partial charge in [0.05, 0.1) is 6.54 Å². The SMILES string of the molecule is CCC1CCC(CNCC(=O)Nc2ccccc2)CC1. The van der Waals surface area contributed by atoms with Crippen LogP contribution in [0, 0.1) is 11.8 Å². The minimum Gasteiger partial charge on any atom is -0.325 e. The Balaban J connectivity index is 1.60. The van der Waals surface area contributed by atoms with Crippen molar-refractivity contribution < 1.29 is 4.79 Å². The Kier molecular flexibility index (Phi) is 6.06. The van der Waals surface area contributed by atoms with Crippen LogP contribution in [0.3, 0.4) is 0 Å². The molecule has 0 spiro atoms. The Morgan fingerprint density at radius 1 is 1.10 bits per heavy atom. The summed E-state index contributed by atoms with van der Waals surface area (Å²) in [5, 5.41) is 6.19. The van der Waals surface area contributed by atoms with Crippen LogP contribution >= 0.6 is 0 Å². The van der Waals surface area contributed by atoms with E-state index in [-0.39, 0.29) is 5.91 Å². The maximum absolute atomic E-state index is 11.8. The van der Waals surface area contributed by atoms with Crippen molar-refractivity contribution in [2.45, 2.75) is 39.0 Å². The normalized spacial score (nSPS) is 22.4. The lowest BCUT2D eigenvalue weighted by Crippen LogP contribution is -2.33. The van der Waals surface area contributed by atoms with Crippen molar-refractivity contribution in [2.24, 2.45) is 11.8 Å². The van der Waals surface area contributed by atoms with Crippen molar-refractivity contribution in [3.05, 3.63) is 30.3 Å². The zero-order valence-electron chi connectivity index (χ0n) is 12.4. The quantitative estimate of drug-likeness (QED) is 0.834. The number of hydrogen-bond acceptors (Lipinski definition) is 2. The van der Waals surface area contributed by atoms with Gasteiger partial charge >= 0.3 is 0 Å². The van der Waals surface area contributed by atoms with E-state index in [4.69, 9.17) is 0 Å². The molecule has 0 aromatic heterocycles. The highest BCUT2D eigenvalue weighted by atomic mass is 16.1. The molecule has 1 aromatic rings. The van der Waals surface area contributed by atoms with Crippen LogP contribution in [0.25, 0.3) is 0 Å². The molecule has 0 atom stereocenters. The van der Waals surface area contributed by atoms with Gasteiger partial charge in [-0.05, 0) is 43.4 Å². The van der Waals surface area contributed by atoms with Gasteiger partial charge in [0, 0.05) is 5.69 Å². The highest BCUT2D eigenvalue weighted by Gasteiger charge is 2.19. The predicted octanol–water partition coefficient (Wildman–Crippen LogP) is 3.43. The summed E-state index contributed by atoms with van der Waals surface area (Å²) < 4.78 is 0. The van der Waals surface area contributed by atoms with Crippen LogP contribution in [0.5, 0.6) is 0 Å². The van der Waals surface area contributed by atoms with Crippen LogP contribution in [0.1, 0.15) is 39.0 Å². The standard InChI is InChI=1S/C17H26N2O/c1-2-14-8-10-15(11-9-14)12-18-13-17(20)19-16-6-4-3-5-7-16/h3-7,14-15,18H,2,8-13H2,1H3,(H,19,20). The van der Waals surface area contributed by atoms with E-state index in [2.05, 4.69) is 17.6 Å². The van der Waals surface area contributed by atoms with E-state index in [1.165, 1.54) is 32.1 Å². The van der Waals surface area contributed by atoms with Crippen molar-refractivity contribution in [2.75, 3.05) is 18.4 Å². The summed E-state index contributed by atoms with van der Waals surface area (Å²) in [6, 6.07) is 9.61. The molecule has 0 aliphatic heterocycles. The molecule has 0 saturated heterocycles. The number of para-hydroxylation sites is 1. The van der Waals surface area contributed by atoms with Crippen molar-refractivity contribution >= 4 is 11.6 Å². The second kappa shape index (κ2) is 8.05. The summed E-state index contributed by atoms with van der Waals surface area (Å²) in [6.07, 6.45) is 6.66. The van der Waals surface area contributed by atoms with E-state index < -0.39 is 0 Å². The molecule has 0 heterocycles. The Hall–Kier alpha value is -1.35. The van der Waals surface area contributed by atoms with Crippen LogP contribution in [-0.4, -0.2) is 19.0 Å². The largest absolute Gasteiger partial charge is 0.325 e. The van der Waals surface area contributed by atoms with E-state index in [1.54, 1.807) is 0 Å². The molecule has 0 bridgehead atoms. The van der Waals surface area contributed by atoms with Gasteiger partial charge in [-0.3, -0.25) is 4.79 Å². The predicted molar refractivity (Wildman–Crippen MR) is 83.7 cm³/mol. The average Bonchev–Trinajstić information content (AvgIpc) is 2.49. The van der Waals surface area contributed by atoms with E-state index >= 15 is 0 Å². The summed E-state index contributed by atoms with van der Waals surface area (Å²) in [5.41, 5.74) is 0.864. The third-order valence-electron chi connectivity index (χ3n) is 4.32. The molecule has 3 nitrogen and oxygen atoms in total. The molecule has 1 aliphatic rings. The van der Waals surface area contributed by atoms with Gasteiger partial charge < -0.3 is 10.6 Å². The molecule has 1 fully saturated rings. The fraction of sp³-hybridized carbons (Fsp3) is 0.588. The Morgan fingerprint density at radius 3 is 2.40 bits per heavy atom. The number of amides is 1. The van der Waals surface area contributed by atoms with E-state index in [9.17, 15) is 4.79 Å². The lowest BCUT2D eigenvalue weighted by molar-refractivity contribution is -0.115. The van der Waals surface area contributed by atoms with Crippen molar-refractivity contribution in [1.29, 1.82) is 0 Å². The van der Waals surface area contributed by atoms with Crippen molar-refractivity contribution in [3.8, 4) is 0 Å². The highest BCUT2D eigenvalue weighted by molar-refractivity contribution is 5.92. The number of anilines is 1. The summed E-state index contributed by atoms with van der Waals surface area (Å²) >= 11 is 0. The summed E-state index contributed by atoms with van der Waals surface area (Å²) in [5.74, 6) is 1.73. The molecular formula is C17H26N2O. The van der Waals surface area contributed by atoms with Gasteiger partial charge in [-0.15, -0.1) is 0 Å². The van der Waals surface area contributed by atoms with Crippen LogP contribution in [0.2, 0.25) is 0 Å². The van der Waals surface area contributed by atoms with E-state index in [1.807, 2.05) is 30.3 Å². The summed E-state index contributed by atoms with van der Waals surface area (Å²) in [4.78, 5) is 11.8. The lowest BCUT2D eigenvalue weighted by atomic mass is 9.81. The zero-order chi connectivity index (χ0) is 14.2. The first-order chi connectivity index (χ1) is 9.78. The highest BCUT2D eigenvalue weighted by Crippen LogP contribution is 2.29. The first-order valence-corrected chi connectivity index (χ1v) is 7.83. The monoisotopic (exact) mass is 274 g/mol. The number of benzene rings is 1. The number of rotatable bonds is 6. The molecule has 3 heteroatoms. The van der Waals surface area contributed by atoms with Crippen LogP contribution in [0.15, 0.2) is 30.3 Å². The molecule has 0 radical (unpaired) electrons. The van der Waals surface area contributed by atoms with Gasteiger partial charge in [-0.25, -0.2) is 0 Å². The third kappa shape index (κ3) is 4.97. The number of carbonyl (C=O) groups excluding carboxylic acids is 1. The number of hydrogen-bond donors (Lipinski definition) is 2. The fourth-order valence-electron chi connectivity index (χ4n) is 2.96. The smallest absolute Gasteiger partial charge is 0.238 e. The van der Waals surface area contributed by atoms with Gasteiger partial charge in [0.2, 0.25) is 5.91 Å². The van der Waals surface area contributed by atoms with Crippen LogP contribution < -0.4 is 10.6 Å². The molecule has 0 unspecified atom stereocenters. The minimum atomic E-state index is 0.0402. The van der Waals surface area contributed by atoms with Crippen molar-refractivity contribution in [1.82, 2.24) is 5.32 Å². The zero-order valence-corrected chi connectivity index (χ0v) is 12.4. The third-order valence-corrected chi connectivity index (χ3v) is 4.32. The topological polar surface area (TPSA) is 41.1 Å². The maximum atomic E-state index is 11.8. The van der Waals surface area contributed by atoms with E-state index in [0.717, 1.165) is 24.1 Å². The number of nitrogens with one attached hydrogen (secondary N) is 2. The van der Waals surface area contributed by atoms with E-state index in [0.29, 0.717) is 6.54 Å². The van der Waals surface area contributed by atoms with Gasteiger partial charge in [-0.1, -0.05) is 44.4 Å². The Labute approximate surface area is 122 Å². The van der Waals surface area contributed by atoms with Crippen LogP contribution in [0.4, 0.5) is 5.69 Å². The van der Waals surface area contributed by atoms with Crippen molar-refractivity contribution in [3.63, 3.8) is 0 Å². The summed E-state index contributed by atoms with van der Waals surface area (Å²) in [6.45, 7) is 3.67. The van der Waals surface area contributed by atoms with Gasteiger partial charge in [0.25, 0.3) is 0 Å². The molecule has 2 rings (SSSR count).